The highest BCUT2D eigenvalue weighted by Gasteiger charge is 2.18. The predicted molar refractivity (Wildman–Crippen MR) is 69.2 cm³/mol. The average Bonchev–Trinajstić information content (AvgIpc) is 2.28. The summed E-state index contributed by atoms with van der Waals surface area (Å²) >= 11 is 0. The second-order valence-corrected chi connectivity index (χ2v) is 5.27. The van der Waals surface area contributed by atoms with Gasteiger partial charge in [-0.15, -0.1) is 0 Å². The molecule has 1 heterocycles. The summed E-state index contributed by atoms with van der Waals surface area (Å²) in [5, 5.41) is 9.24. The van der Waals surface area contributed by atoms with E-state index >= 15 is 0 Å². The first-order valence-corrected chi connectivity index (χ1v) is 6.18. The van der Waals surface area contributed by atoms with Crippen LogP contribution in [0.1, 0.15) is 58.2 Å². The normalized spacial score (nSPS) is 11.9. The summed E-state index contributed by atoms with van der Waals surface area (Å²) in [5.41, 5.74) is 1.58. The van der Waals surface area contributed by atoms with Gasteiger partial charge in [-0.25, -0.2) is 4.98 Å². The molecule has 0 fully saturated rings. The molecule has 17 heavy (non-hydrogen) atoms. The summed E-state index contributed by atoms with van der Waals surface area (Å²) < 4.78 is 5.86. The Morgan fingerprint density at radius 2 is 2.00 bits per heavy atom. The molecule has 1 rings (SSSR count). The average molecular weight is 237 g/mol. The van der Waals surface area contributed by atoms with E-state index in [4.69, 9.17) is 4.74 Å². The molecule has 0 aliphatic heterocycles. The van der Waals surface area contributed by atoms with E-state index in [9.17, 15) is 5.11 Å². The van der Waals surface area contributed by atoms with Gasteiger partial charge in [0.15, 0.2) is 0 Å². The van der Waals surface area contributed by atoms with Gasteiger partial charge in [-0.1, -0.05) is 20.8 Å². The molecule has 0 aliphatic carbocycles. The van der Waals surface area contributed by atoms with Crippen molar-refractivity contribution >= 4 is 0 Å². The van der Waals surface area contributed by atoms with Crippen LogP contribution in [0, 0.1) is 0 Å². The maximum atomic E-state index is 9.24. The fourth-order valence-electron chi connectivity index (χ4n) is 1.38. The molecule has 1 N–H and O–H groups in total. The van der Waals surface area contributed by atoms with E-state index in [1.165, 1.54) is 0 Å². The monoisotopic (exact) mass is 237 g/mol. The van der Waals surface area contributed by atoms with Crippen LogP contribution in [0.4, 0.5) is 0 Å². The van der Waals surface area contributed by atoms with Gasteiger partial charge in [-0.05, 0) is 37.8 Å². The van der Waals surface area contributed by atoms with Crippen LogP contribution in [-0.2, 0) is 6.61 Å². The van der Waals surface area contributed by atoms with Crippen molar-refractivity contribution in [3.05, 3.63) is 23.4 Å². The zero-order valence-electron chi connectivity index (χ0n) is 11.4. The molecule has 1 aromatic rings. The predicted octanol–water partition coefficient (Wildman–Crippen LogP) is 3.26. The minimum absolute atomic E-state index is 0.0190. The fourth-order valence-corrected chi connectivity index (χ4v) is 1.38. The van der Waals surface area contributed by atoms with Crippen LogP contribution in [0.15, 0.2) is 12.1 Å². The maximum Gasteiger partial charge on any atom is 0.214 e. The molecule has 0 aromatic carbocycles. The molecule has 0 aliphatic rings. The van der Waals surface area contributed by atoms with Crippen molar-refractivity contribution in [2.45, 2.75) is 59.2 Å². The summed E-state index contributed by atoms with van der Waals surface area (Å²) in [6.07, 6.45) is 0.912. The number of rotatable bonds is 5. The Hall–Kier alpha value is -1.09. The molecule has 0 saturated carbocycles. The smallest absolute Gasteiger partial charge is 0.214 e. The SMILES string of the molecule is CCC(C)(C)Oc1cc(CO)cc(C(C)C)n1. The van der Waals surface area contributed by atoms with Gasteiger partial charge in [-0.3, -0.25) is 0 Å². The molecule has 0 saturated heterocycles. The Kier molecular flexibility index (Phi) is 4.52. The Balaban J connectivity index is 3.03. The number of aliphatic hydroxyl groups is 1. The summed E-state index contributed by atoms with van der Waals surface area (Å²) in [6.45, 7) is 10.3. The van der Waals surface area contributed by atoms with Crippen molar-refractivity contribution < 1.29 is 9.84 Å². The zero-order chi connectivity index (χ0) is 13.1. The molecule has 3 nitrogen and oxygen atoms in total. The molecule has 0 bridgehead atoms. The number of nitrogens with zero attached hydrogens (tertiary/aromatic N) is 1. The highest BCUT2D eigenvalue weighted by molar-refractivity contribution is 5.26. The van der Waals surface area contributed by atoms with Crippen LogP contribution < -0.4 is 4.74 Å². The third-order valence-corrected chi connectivity index (χ3v) is 2.89. The van der Waals surface area contributed by atoms with E-state index in [1.807, 2.05) is 26.0 Å². The van der Waals surface area contributed by atoms with E-state index in [0.717, 1.165) is 17.7 Å². The minimum Gasteiger partial charge on any atom is -0.472 e. The largest absolute Gasteiger partial charge is 0.472 e. The van der Waals surface area contributed by atoms with Gasteiger partial charge in [0.05, 0.1) is 6.61 Å². The van der Waals surface area contributed by atoms with Gasteiger partial charge in [0, 0.05) is 11.8 Å². The molecular weight excluding hydrogens is 214 g/mol. The Labute approximate surface area is 104 Å². The summed E-state index contributed by atoms with van der Waals surface area (Å²) in [6, 6.07) is 3.74. The van der Waals surface area contributed by atoms with Crippen molar-refractivity contribution in [3.8, 4) is 5.88 Å². The number of aliphatic hydroxyl groups excluding tert-OH is 1. The van der Waals surface area contributed by atoms with Crippen molar-refractivity contribution in [2.24, 2.45) is 0 Å². The van der Waals surface area contributed by atoms with Gasteiger partial charge >= 0.3 is 0 Å². The van der Waals surface area contributed by atoms with Crippen LogP contribution >= 0.6 is 0 Å². The topological polar surface area (TPSA) is 42.4 Å². The van der Waals surface area contributed by atoms with Gasteiger partial charge < -0.3 is 9.84 Å². The van der Waals surface area contributed by atoms with Crippen LogP contribution in [-0.4, -0.2) is 15.7 Å². The van der Waals surface area contributed by atoms with Crippen molar-refractivity contribution in [1.82, 2.24) is 4.98 Å². The zero-order valence-corrected chi connectivity index (χ0v) is 11.4. The quantitative estimate of drug-likeness (QED) is 0.854. The molecule has 96 valence electrons. The molecule has 1 aromatic heterocycles. The lowest BCUT2D eigenvalue weighted by molar-refractivity contribution is 0.0983. The first kappa shape index (κ1) is 14.0. The lowest BCUT2D eigenvalue weighted by atomic mass is 10.1. The van der Waals surface area contributed by atoms with E-state index in [1.54, 1.807) is 0 Å². The van der Waals surface area contributed by atoms with Crippen LogP contribution in [0.5, 0.6) is 5.88 Å². The minimum atomic E-state index is -0.227. The summed E-state index contributed by atoms with van der Waals surface area (Å²) in [5.74, 6) is 0.931. The number of pyridine rings is 1. The van der Waals surface area contributed by atoms with Crippen LogP contribution in [0.25, 0.3) is 0 Å². The van der Waals surface area contributed by atoms with Crippen LogP contribution in [0.2, 0.25) is 0 Å². The molecular formula is C14H23NO2. The Morgan fingerprint density at radius 1 is 1.35 bits per heavy atom. The van der Waals surface area contributed by atoms with Crippen LogP contribution in [0.3, 0.4) is 0 Å². The molecule has 3 heteroatoms. The fraction of sp³-hybridized carbons (Fsp3) is 0.643. The number of aromatic nitrogens is 1. The highest BCUT2D eigenvalue weighted by Crippen LogP contribution is 2.23. The molecule has 0 amide bonds. The van der Waals surface area contributed by atoms with E-state index < -0.39 is 0 Å². The third-order valence-electron chi connectivity index (χ3n) is 2.89. The van der Waals surface area contributed by atoms with E-state index in [2.05, 4.69) is 25.8 Å². The molecule has 0 unspecified atom stereocenters. The standard InChI is InChI=1S/C14H23NO2/c1-6-14(4,5)17-13-8-11(9-16)7-12(15-13)10(2)3/h7-8,10,16H,6,9H2,1-5H3. The van der Waals surface area contributed by atoms with Gasteiger partial charge in [0.1, 0.15) is 5.60 Å². The van der Waals surface area contributed by atoms with Gasteiger partial charge in [0.25, 0.3) is 0 Å². The molecule has 0 radical (unpaired) electrons. The number of ether oxygens (including phenoxy) is 1. The lowest BCUT2D eigenvalue weighted by Gasteiger charge is -2.24. The van der Waals surface area contributed by atoms with Crippen molar-refractivity contribution in [1.29, 1.82) is 0 Å². The first-order valence-electron chi connectivity index (χ1n) is 6.18. The summed E-state index contributed by atoms with van der Waals surface area (Å²) in [7, 11) is 0. The maximum absolute atomic E-state index is 9.24. The first-order chi connectivity index (χ1) is 7.88. The molecule has 0 spiro atoms. The number of hydrogen-bond donors (Lipinski definition) is 1. The molecule has 0 atom stereocenters. The van der Waals surface area contributed by atoms with Gasteiger partial charge in [-0.2, -0.15) is 0 Å². The Bertz CT molecular complexity index is 372. The second kappa shape index (κ2) is 5.50. The lowest BCUT2D eigenvalue weighted by Crippen LogP contribution is -2.27. The van der Waals surface area contributed by atoms with E-state index in [0.29, 0.717) is 11.8 Å². The number of hydrogen-bond acceptors (Lipinski definition) is 3. The van der Waals surface area contributed by atoms with Crippen molar-refractivity contribution in [3.63, 3.8) is 0 Å². The summed E-state index contributed by atoms with van der Waals surface area (Å²) in [4.78, 5) is 4.48. The second-order valence-electron chi connectivity index (χ2n) is 5.27. The third kappa shape index (κ3) is 4.00. The van der Waals surface area contributed by atoms with Gasteiger partial charge in [0.2, 0.25) is 5.88 Å². The van der Waals surface area contributed by atoms with Crippen molar-refractivity contribution in [2.75, 3.05) is 0 Å². The van der Waals surface area contributed by atoms with E-state index in [-0.39, 0.29) is 12.2 Å². The Morgan fingerprint density at radius 3 is 2.47 bits per heavy atom. The highest BCUT2D eigenvalue weighted by atomic mass is 16.5.